The number of ether oxygens (including phenoxy) is 1. The van der Waals surface area contributed by atoms with E-state index < -0.39 is 5.78 Å². The van der Waals surface area contributed by atoms with Gasteiger partial charge in [0.1, 0.15) is 17.4 Å². The van der Waals surface area contributed by atoms with Gasteiger partial charge in [-0.05, 0) is 31.2 Å². The van der Waals surface area contributed by atoms with Crippen molar-refractivity contribution in [2.24, 2.45) is 0 Å². The van der Waals surface area contributed by atoms with E-state index in [1.807, 2.05) is 19.1 Å². The fraction of sp³-hybridized carbons (Fsp3) is 0.111. The van der Waals surface area contributed by atoms with Crippen molar-refractivity contribution >= 4 is 35.1 Å². The Hall–Kier alpha value is -2.28. The smallest absolute Gasteiger partial charge is 0.206 e. The molecule has 0 unspecified atom stereocenters. The average Bonchev–Trinajstić information content (AvgIpc) is 2.54. The molecule has 0 aromatic heterocycles. The summed E-state index contributed by atoms with van der Waals surface area (Å²) in [6.07, 6.45) is 1.48. The minimum atomic E-state index is -0.519. The number of ketones is 1. The SMILES string of the molecule is CCOc1ccccc1/C=C(\C#N)C(=O)c1c(Cl)cccc1Cl. The van der Waals surface area contributed by atoms with Crippen molar-refractivity contribution in [3.05, 3.63) is 69.2 Å². The van der Waals surface area contributed by atoms with E-state index in [1.54, 1.807) is 36.4 Å². The molecule has 0 amide bonds. The summed E-state index contributed by atoms with van der Waals surface area (Å²) in [5, 5.41) is 9.78. The number of allylic oxidation sites excluding steroid dienone is 1. The molecule has 0 fully saturated rings. The summed E-state index contributed by atoms with van der Waals surface area (Å²) >= 11 is 12.1. The van der Waals surface area contributed by atoms with Crippen molar-refractivity contribution in [1.29, 1.82) is 5.26 Å². The fourth-order valence-electron chi connectivity index (χ4n) is 2.04. The molecule has 0 saturated carbocycles. The van der Waals surface area contributed by atoms with Gasteiger partial charge in [0.25, 0.3) is 0 Å². The van der Waals surface area contributed by atoms with Crippen molar-refractivity contribution in [1.82, 2.24) is 0 Å². The van der Waals surface area contributed by atoms with Crippen LogP contribution in [0.3, 0.4) is 0 Å². The molecule has 5 heteroatoms. The number of Topliss-reactive ketones (excluding diaryl/α,β-unsaturated/α-hetero) is 1. The van der Waals surface area contributed by atoms with E-state index in [2.05, 4.69) is 0 Å². The number of nitriles is 1. The van der Waals surface area contributed by atoms with Gasteiger partial charge >= 0.3 is 0 Å². The summed E-state index contributed by atoms with van der Waals surface area (Å²) < 4.78 is 5.50. The van der Waals surface area contributed by atoms with Crippen LogP contribution in [0.4, 0.5) is 0 Å². The average molecular weight is 346 g/mol. The first-order valence-electron chi connectivity index (χ1n) is 6.90. The lowest BCUT2D eigenvalue weighted by Gasteiger charge is -2.08. The van der Waals surface area contributed by atoms with Crippen LogP contribution in [0, 0.1) is 11.3 Å². The Bertz CT molecular complexity index is 787. The molecule has 0 radical (unpaired) electrons. The zero-order chi connectivity index (χ0) is 16.8. The Labute approximate surface area is 144 Å². The molecule has 0 aliphatic rings. The number of rotatable bonds is 5. The minimum absolute atomic E-state index is 0.0628. The number of hydrogen-bond acceptors (Lipinski definition) is 3. The molecule has 0 N–H and O–H groups in total. The largest absolute Gasteiger partial charge is 0.493 e. The van der Waals surface area contributed by atoms with Gasteiger partial charge in [-0.15, -0.1) is 0 Å². The second kappa shape index (κ2) is 7.82. The standard InChI is InChI=1S/C18H13Cl2NO2/c1-2-23-16-9-4-3-6-12(16)10-13(11-21)18(22)17-14(19)7-5-8-15(17)20/h3-10H,2H2,1H3/b13-10+. The van der Waals surface area contributed by atoms with Gasteiger partial charge < -0.3 is 4.74 Å². The molecule has 0 atom stereocenters. The summed E-state index contributed by atoms with van der Waals surface area (Å²) in [5.41, 5.74) is 0.701. The van der Waals surface area contributed by atoms with Gasteiger partial charge in [0.15, 0.2) is 0 Å². The first kappa shape index (κ1) is 17.1. The minimum Gasteiger partial charge on any atom is -0.493 e. The number of para-hydroxylation sites is 1. The summed E-state index contributed by atoms with van der Waals surface area (Å²) in [5.74, 6) is 0.0789. The van der Waals surface area contributed by atoms with Crippen LogP contribution in [-0.2, 0) is 0 Å². The van der Waals surface area contributed by atoms with Gasteiger partial charge in [-0.1, -0.05) is 47.5 Å². The third kappa shape index (κ3) is 3.92. The molecule has 2 aromatic rings. The summed E-state index contributed by atoms with van der Waals surface area (Å²) in [4.78, 5) is 12.6. The van der Waals surface area contributed by atoms with Crippen LogP contribution in [0.5, 0.6) is 5.75 Å². The van der Waals surface area contributed by atoms with E-state index in [9.17, 15) is 10.1 Å². The number of hydrogen-bond donors (Lipinski definition) is 0. The van der Waals surface area contributed by atoms with Crippen LogP contribution in [-0.4, -0.2) is 12.4 Å². The van der Waals surface area contributed by atoms with Crippen LogP contribution in [0.15, 0.2) is 48.0 Å². The highest BCUT2D eigenvalue weighted by Gasteiger charge is 2.19. The van der Waals surface area contributed by atoms with Crippen molar-refractivity contribution in [2.75, 3.05) is 6.61 Å². The highest BCUT2D eigenvalue weighted by atomic mass is 35.5. The number of nitrogens with zero attached hydrogens (tertiary/aromatic N) is 1. The lowest BCUT2D eigenvalue weighted by Crippen LogP contribution is -2.04. The van der Waals surface area contributed by atoms with Crippen LogP contribution < -0.4 is 4.74 Å². The van der Waals surface area contributed by atoms with Gasteiger partial charge in [0.05, 0.1) is 22.2 Å². The number of carbonyl (C=O) groups is 1. The van der Waals surface area contributed by atoms with Gasteiger partial charge in [0, 0.05) is 5.56 Å². The highest BCUT2D eigenvalue weighted by molar-refractivity contribution is 6.41. The normalized spacial score (nSPS) is 11.0. The molecule has 116 valence electrons. The zero-order valence-corrected chi connectivity index (χ0v) is 13.9. The monoisotopic (exact) mass is 345 g/mol. The maximum atomic E-state index is 12.6. The quantitative estimate of drug-likeness (QED) is 0.426. The molecule has 23 heavy (non-hydrogen) atoms. The zero-order valence-electron chi connectivity index (χ0n) is 12.3. The van der Waals surface area contributed by atoms with Crippen LogP contribution in [0.2, 0.25) is 10.0 Å². The highest BCUT2D eigenvalue weighted by Crippen LogP contribution is 2.28. The molecule has 2 aromatic carbocycles. The third-order valence-electron chi connectivity index (χ3n) is 3.07. The first-order chi connectivity index (χ1) is 11.1. The second-order valence-corrected chi connectivity index (χ2v) is 5.38. The number of benzene rings is 2. The Kier molecular flexibility index (Phi) is 5.81. The number of halogens is 2. The van der Waals surface area contributed by atoms with Gasteiger partial charge in [-0.25, -0.2) is 0 Å². The van der Waals surface area contributed by atoms with E-state index in [0.717, 1.165) is 0 Å². The van der Waals surface area contributed by atoms with Gasteiger partial charge in [0.2, 0.25) is 5.78 Å². The number of carbonyl (C=O) groups excluding carboxylic acids is 1. The fourth-order valence-corrected chi connectivity index (χ4v) is 2.61. The van der Waals surface area contributed by atoms with Crippen LogP contribution in [0.1, 0.15) is 22.8 Å². The molecule has 3 nitrogen and oxygen atoms in total. The van der Waals surface area contributed by atoms with E-state index in [1.165, 1.54) is 6.08 Å². The summed E-state index contributed by atoms with van der Waals surface area (Å²) in [7, 11) is 0. The van der Waals surface area contributed by atoms with E-state index in [0.29, 0.717) is 17.9 Å². The first-order valence-corrected chi connectivity index (χ1v) is 7.66. The molecule has 0 aliphatic heterocycles. The predicted molar refractivity (Wildman–Crippen MR) is 92.0 cm³/mol. The molecule has 0 saturated heterocycles. The van der Waals surface area contributed by atoms with Crippen molar-refractivity contribution in [2.45, 2.75) is 6.92 Å². The molecular formula is C18H13Cl2NO2. The lowest BCUT2D eigenvalue weighted by atomic mass is 10.0. The van der Waals surface area contributed by atoms with E-state index in [-0.39, 0.29) is 21.2 Å². The maximum Gasteiger partial charge on any atom is 0.206 e. The van der Waals surface area contributed by atoms with Crippen LogP contribution in [0.25, 0.3) is 6.08 Å². The second-order valence-electron chi connectivity index (χ2n) is 4.57. The lowest BCUT2D eigenvalue weighted by molar-refractivity contribution is 0.104. The van der Waals surface area contributed by atoms with E-state index in [4.69, 9.17) is 27.9 Å². The molecule has 0 bridgehead atoms. The molecule has 0 heterocycles. The topological polar surface area (TPSA) is 50.1 Å². The summed E-state index contributed by atoms with van der Waals surface area (Å²) in [6.45, 7) is 2.34. The van der Waals surface area contributed by atoms with Crippen molar-refractivity contribution in [3.8, 4) is 11.8 Å². The molecule has 2 rings (SSSR count). The van der Waals surface area contributed by atoms with Crippen molar-refractivity contribution < 1.29 is 9.53 Å². The Morgan fingerprint density at radius 2 is 1.83 bits per heavy atom. The molecule has 0 spiro atoms. The van der Waals surface area contributed by atoms with Gasteiger partial charge in [-0.3, -0.25) is 4.79 Å². The van der Waals surface area contributed by atoms with Crippen molar-refractivity contribution in [3.63, 3.8) is 0 Å². The Morgan fingerprint density at radius 3 is 2.43 bits per heavy atom. The molecular weight excluding hydrogens is 333 g/mol. The Balaban J connectivity index is 2.48. The predicted octanol–water partition coefficient (Wildman–Crippen LogP) is 5.18. The van der Waals surface area contributed by atoms with Crippen LogP contribution >= 0.6 is 23.2 Å². The summed E-state index contributed by atoms with van der Waals surface area (Å²) in [6, 6.07) is 13.8. The Morgan fingerprint density at radius 1 is 1.17 bits per heavy atom. The maximum absolute atomic E-state index is 12.6. The third-order valence-corrected chi connectivity index (χ3v) is 3.70. The van der Waals surface area contributed by atoms with Gasteiger partial charge in [-0.2, -0.15) is 5.26 Å². The van der Waals surface area contributed by atoms with E-state index >= 15 is 0 Å². The molecule has 0 aliphatic carbocycles.